The molecule has 6 nitrogen and oxygen atoms in total. The number of nitrogens with one attached hydrogen (secondary N) is 1. The summed E-state index contributed by atoms with van der Waals surface area (Å²) in [6, 6.07) is 11.9. The number of carbonyl (C=O) groups is 2. The van der Waals surface area contributed by atoms with Crippen LogP contribution in [0.3, 0.4) is 0 Å². The summed E-state index contributed by atoms with van der Waals surface area (Å²) in [4.78, 5) is 24.7. The van der Waals surface area contributed by atoms with Crippen molar-refractivity contribution in [3.63, 3.8) is 0 Å². The molecule has 0 saturated carbocycles. The largest absolute Gasteiger partial charge is 0.497 e. The van der Waals surface area contributed by atoms with Crippen LogP contribution in [0.1, 0.15) is 23.0 Å². The van der Waals surface area contributed by atoms with Crippen molar-refractivity contribution in [2.24, 2.45) is 0 Å². The number of esters is 1. The molecule has 1 aromatic heterocycles. The normalized spacial score (nSPS) is 11.9. The summed E-state index contributed by atoms with van der Waals surface area (Å²) in [5.74, 6) is -0.450. The average Bonchev–Trinajstić information content (AvgIpc) is 2.99. The standard InChI is InChI=1S/C20H18ClNO5/c1-11-16-10-15(25-3)8-9-17(16)27-18(11)20(24)26-12(2)19(23)22-14-6-4-13(21)5-7-14/h4-10,12H,1-3H3,(H,22,23)/t12-/m0/s1. The minimum atomic E-state index is -1.00. The lowest BCUT2D eigenvalue weighted by Crippen LogP contribution is -2.30. The van der Waals surface area contributed by atoms with E-state index in [1.54, 1.807) is 56.5 Å². The second-order valence-corrected chi connectivity index (χ2v) is 6.40. The van der Waals surface area contributed by atoms with Gasteiger partial charge in [-0.15, -0.1) is 0 Å². The van der Waals surface area contributed by atoms with Gasteiger partial charge in [0, 0.05) is 21.7 Å². The number of methoxy groups -OCH3 is 1. The lowest BCUT2D eigenvalue weighted by molar-refractivity contribution is -0.123. The summed E-state index contributed by atoms with van der Waals surface area (Å²) in [6.45, 7) is 3.24. The Labute approximate surface area is 161 Å². The minimum absolute atomic E-state index is 0.0596. The van der Waals surface area contributed by atoms with Gasteiger partial charge in [0.15, 0.2) is 6.10 Å². The van der Waals surface area contributed by atoms with Crippen molar-refractivity contribution >= 4 is 40.1 Å². The quantitative estimate of drug-likeness (QED) is 0.648. The average molecular weight is 388 g/mol. The summed E-state index contributed by atoms with van der Waals surface area (Å²) in [6.07, 6.45) is -1.00. The van der Waals surface area contributed by atoms with E-state index in [1.165, 1.54) is 6.92 Å². The Hall–Kier alpha value is -2.99. The number of aryl methyl sites for hydroxylation is 1. The Morgan fingerprint density at radius 2 is 1.85 bits per heavy atom. The van der Waals surface area contributed by atoms with Crippen molar-refractivity contribution in [1.82, 2.24) is 0 Å². The molecular formula is C20H18ClNO5. The number of benzene rings is 2. The van der Waals surface area contributed by atoms with Crippen LogP contribution in [0.2, 0.25) is 5.02 Å². The molecule has 1 heterocycles. The van der Waals surface area contributed by atoms with Crippen LogP contribution >= 0.6 is 11.6 Å². The summed E-state index contributed by atoms with van der Waals surface area (Å²) in [5.41, 5.74) is 1.72. The van der Waals surface area contributed by atoms with E-state index in [0.29, 0.717) is 27.6 Å². The number of rotatable bonds is 5. The molecule has 0 spiro atoms. The molecule has 0 saturated heterocycles. The zero-order valence-corrected chi connectivity index (χ0v) is 15.8. The van der Waals surface area contributed by atoms with Crippen LogP contribution in [0.15, 0.2) is 46.9 Å². The van der Waals surface area contributed by atoms with Gasteiger partial charge in [-0.1, -0.05) is 11.6 Å². The number of anilines is 1. The zero-order valence-electron chi connectivity index (χ0n) is 15.0. The fraction of sp³-hybridized carbons (Fsp3) is 0.200. The number of ether oxygens (including phenoxy) is 2. The second kappa shape index (κ2) is 7.72. The van der Waals surface area contributed by atoms with Gasteiger partial charge in [-0.05, 0) is 56.3 Å². The van der Waals surface area contributed by atoms with Crippen LogP contribution in [0.25, 0.3) is 11.0 Å². The van der Waals surface area contributed by atoms with E-state index >= 15 is 0 Å². The summed E-state index contributed by atoms with van der Waals surface area (Å²) >= 11 is 5.81. The Morgan fingerprint density at radius 1 is 1.15 bits per heavy atom. The van der Waals surface area contributed by atoms with Gasteiger partial charge in [-0.25, -0.2) is 4.79 Å². The Morgan fingerprint density at radius 3 is 2.52 bits per heavy atom. The first-order valence-electron chi connectivity index (χ1n) is 8.23. The number of hydrogen-bond donors (Lipinski definition) is 1. The fourth-order valence-corrected chi connectivity index (χ4v) is 2.69. The van der Waals surface area contributed by atoms with Crippen LogP contribution in [-0.4, -0.2) is 25.1 Å². The van der Waals surface area contributed by atoms with Crippen molar-refractivity contribution in [3.8, 4) is 5.75 Å². The predicted octanol–water partition coefficient (Wildman–Crippen LogP) is 4.59. The molecule has 7 heteroatoms. The van der Waals surface area contributed by atoms with E-state index < -0.39 is 18.0 Å². The molecule has 1 amide bonds. The minimum Gasteiger partial charge on any atom is -0.497 e. The highest BCUT2D eigenvalue weighted by atomic mass is 35.5. The molecule has 0 unspecified atom stereocenters. The summed E-state index contributed by atoms with van der Waals surface area (Å²) in [5, 5.41) is 3.97. The van der Waals surface area contributed by atoms with E-state index in [-0.39, 0.29) is 5.76 Å². The van der Waals surface area contributed by atoms with Gasteiger partial charge in [-0.2, -0.15) is 0 Å². The number of halogens is 1. The highest BCUT2D eigenvalue weighted by Crippen LogP contribution is 2.29. The molecule has 3 aromatic rings. The second-order valence-electron chi connectivity index (χ2n) is 5.96. The monoisotopic (exact) mass is 387 g/mol. The third-order valence-corrected chi connectivity index (χ3v) is 4.35. The van der Waals surface area contributed by atoms with Crippen LogP contribution in [0.5, 0.6) is 5.75 Å². The number of hydrogen-bond acceptors (Lipinski definition) is 5. The molecule has 1 atom stereocenters. The maximum Gasteiger partial charge on any atom is 0.375 e. The lowest BCUT2D eigenvalue weighted by atomic mass is 10.1. The topological polar surface area (TPSA) is 77.8 Å². The highest BCUT2D eigenvalue weighted by molar-refractivity contribution is 6.30. The molecule has 0 aliphatic carbocycles. The first-order valence-corrected chi connectivity index (χ1v) is 8.61. The summed E-state index contributed by atoms with van der Waals surface area (Å²) < 4.78 is 16.0. The van der Waals surface area contributed by atoms with Gasteiger partial charge in [0.1, 0.15) is 11.3 Å². The van der Waals surface area contributed by atoms with Gasteiger partial charge in [0.2, 0.25) is 5.76 Å². The molecule has 140 valence electrons. The van der Waals surface area contributed by atoms with E-state index in [4.69, 9.17) is 25.5 Å². The Balaban J connectivity index is 1.72. The molecule has 2 aromatic carbocycles. The number of carbonyl (C=O) groups excluding carboxylic acids is 2. The molecule has 1 N–H and O–H groups in total. The number of furan rings is 1. The Kier molecular flexibility index (Phi) is 5.37. The smallest absolute Gasteiger partial charge is 0.375 e. The van der Waals surface area contributed by atoms with E-state index in [1.807, 2.05) is 0 Å². The first kappa shape index (κ1) is 18.8. The maximum atomic E-state index is 12.5. The molecule has 0 aliphatic heterocycles. The van der Waals surface area contributed by atoms with Gasteiger partial charge < -0.3 is 19.2 Å². The lowest BCUT2D eigenvalue weighted by Gasteiger charge is -2.13. The molecule has 0 fully saturated rings. The zero-order chi connectivity index (χ0) is 19.6. The molecule has 3 rings (SSSR count). The van der Waals surface area contributed by atoms with Crippen molar-refractivity contribution < 1.29 is 23.5 Å². The third kappa shape index (κ3) is 4.06. The molecular weight excluding hydrogens is 370 g/mol. The van der Waals surface area contributed by atoms with Crippen molar-refractivity contribution in [1.29, 1.82) is 0 Å². The van der Waals surface area contributed by atoms with E-state index in [9.17, 15) is 9.59 Å². The van der Waals surface area contributed by atoms with Crippen molar-refractivity contribution in [2.45, 2.75) is 20.0 Å². The van der Waals surface area contributed by atoms with Gasteiger partial charge in [0.05, 0.1) is 7.11 Å². The fourth-order valence-electron chi connectivity index (χ4n) is 2.57. The van der Waals surface area contributed by atoms with Gasteiger partial charge >= 0.3 is 5.97 Å². The van der Waals surface area contributed by atoms with Gasteiger partial charge in [-0.3, -0.25) is 4.79 Å². The Bertz CT molecular complexity index is 994. The van der Waals surface area contributed by atoms with Crippen LogP contribution in [-0.2, 0) is 9.53 Å². The van der Waals surface area contributed by atoms with Crippen LogP contribution in [0.4, 0.5) is 5.69 Å². The molecule has 0 bridgehead atoms. The number of fused-ring (bicyclic) bond motifs is 1. The molecule has 0 aliphatic rings. The van der Waals surface area contributed by atoms with Gasteiger partial charge in [0.25, 0.3) is 5.91 Å². The highest BCUT2D eigenvalue weighted by Gasteiger charge is 2.24. The molecule has 27 heavy (non-hydrogen) atoms. The SMILES string of the molecule is COc1ccc2oc(C(=O)O[C@@H](C)C(=O)Nc3ccc(Cl)cc3)c(C)c2c1. The predicted molar refractivity (Wildman–Crippen MR) is 102 cm³/mol. The van der Waals surface area contributed by atoms with Crippen LogP contribution in [0, 0.1) is 6.92 Å². The molecule has 0 radical (unpaired) electrons. The van der Waals surface area contributed by atoms with Crippen molar-refractivity contribution in [2.75, 3.05) is 12.4 Å². The summed E-state index contributed by atoms with van der Waals surface area (Å²) in [7, 11) is 1.56. The van der Waals surface area contributed by atoms with E-state index in [2.05, 4.69) is 5.32 Å². The van der Waals surface area contributed by atoms with Crippen molar-refractivity contribution in [3.05, 3.63) is 58.8 Å². The van der Waals surface area contributed by atoms with Crippen LogP contribution < -0.4 is 10.1 Å². The maximum absolute atomic E-state index is 12.5. The first-order chi connectivity index (χ1) is 12.9. The third-order valence-electron chi connectivity index (χ3n) is 4.09. The van der Waals surface area contributed by atoms with E-state index in [0.717, 1.165) is 5.39 Å². The number of amides is 1.